The number of nitrogens with one attached hydrogen (secondary N) is 1. The molecule has 0 saturated heterocycles. The van der Waals surface area contributed by atoms with Gasteiger partial charge in [0.25, 0.3) is 0 Å². The van der Waals surface area contributed by atoms with Crippen molar-refractivity contribution in [3.05, 3.63) is 29.0 Å². The molecule has 0 fully saturated rings. The van der Waals surface area contributed by atoms with Gasteiger partial charge in [0.05, 0.1) is 5.69 Å². The van der Waals surface area contributed by atoms with Gasteiger partial charge in [-0.3, -0.25) is 9.48 Å². The number of hydrogen-bond donors (Lipinski definition) is 1. The third-order valence-corrected chi connectivity index (χ3v) is 2.76. The quantitative estimate of drug-likeness (QED) is 0.880. The number of rotatable bonds is 3. The Morgan fingerprint density at radius 2 is 2.38 bits per heavy atom. The monoisotopic (exact) mass is 236 g/mol. The number of carbonyl (C=O) groups is 1. The molecule has 0 aliphatic heterocycles. The summed E-state index contributed by atoms with van der Waals surface area (Å²) in [5, 5.41) is 9.37. The number of amides is 1. The van der Waals surface area contributed by atoms with Crippen molar-refractivity contribution in [2.24, 2.45) is 0 Å². The number of aryl methyl sites for hydroxylation is 2. The molecular formula is C10H12N4OS. The molecular weight excluding hydrogens is 224 g/mol. The highest BCUT2D eigenvalue weighted by Gasteiger charge is 2.08. The Balaban J connectivity index is 2.00. The van der Waals surface area contributed by atoms with Gasteiger partial charge in [-0.15, -0.1) is 11.3 Å². The standard InChI is InChI=1S/C10H12N4OS/c1-7-5-8(2)14(13-7)6-9(15)12-10-11-3-4-16-10/h3-5H,6H2,1-2H3,(H,11,12,15). The Labute approximate surface area is 97.1 Å². The summed E-state index contributed by atoms with van der Waals surface area (Å²) in [5.41, 5.74) is 1.89. The molecule has 6 heteroatoms. The van der Waals surface area contributed by atoms with E-state index >= 15 is 0 Å². The molecule has 0 saturated carbocycles. The average molecular weight is 236 g/mol. The number of aromatic nitrogens is 3. The Morgan fingerprint density at radius 3 is 2.94 bits per heavy atom. The Morgan fingerprint density at radius 1 is 1.56 bits per heavy atom. The van der Waals surface area contributed by atoms with Crippen LogP contribution in [-0.4, -0.2) is 20.7 Å². The van der Waals surface area contributed by atoms with Gasteiger partial charge in [0, 0.05) is 17.3 Å². The van der Waals surface area contributed by atoms with Gasteiger partial charge in [0.15, 0.2) is 5.13 Å². The number of anilines is 1. The Kier molecular flexibility index (Phi) is 3.00. The van der Waals surface area contributed by atoms with Crippen LogP contribution in [-0.2, 0) is 11.3 Å². The minimum Gasteiger partial charge on any atom is -0.300 e. The summed E-state index contributed by atoms with van der Waals surface area (Å²) in [5.74, 6) is -0.110. The highest BCUT2D eigenvalue weighted by molar-refractivity contribution is 7.13. The van der Waals surface area contributed by atoms with Crippen LogP contribution in [0.1, 0.15) is 11.4 Å². The molecule has 16 heavy (non-hydrogen) atoms. The molecule has 0 radical (unpaired) electrons. The van der Waals surface area contributed by atoms with Gasteiger partial charge in [-0.1, -0.05) is 0 Å². The highest BCUT2D eigenvalue weighted by atomic mass is 32.1. The molecule has 1 amide bonds. The van der Waals surface area contributed by atoms with Crippen LogP contribution >= 0.6 is 11.3 Å². The van der Waals surface area contributed by atoms with E-state index in [9.17, 15) is 4.79 Å². The third kappa shape index (κ3) is 2.46. The first-order valence-corrected chi connectivity index (χ1v) is 5.73. The van der Waals surface area contributed by atoms with Gasteiger partial charge in [0.1, 0.15) is 6.54 Å². The lowest BCUT2D eigenvalue weighted by molar-refractivity contribution is -0.116. The topological polar surface area (TPSA) is 59.8 Å². The van der Waals surface area contributed by atoms with E-state index in [4.69, 9.17) is 0 Å². The lowest BCUT2D eigenvalue weighted by Gasteiger charge is -2.03. The molecule has 0 bridgehead atoms. The molecule has 0 unspecified atom stereocenters. The second-order valence-electron chi connectivity index (χ2n) is 3.47. The fraction of sp³-hybridized carbons (Fsp3) is 0.300. The van der Waals surface area contributed by atoms with Crippen molar-refractivity contribution in [3.8, 4) is 0 Å². The van der Waals surface area contributed by atoms with E-state index in [1.165, 1.54) is 11.3 Å². The average Bonchev–Trinajstić information content (AvgIpc) is 2.78. The molecule has 0 atom stereocenters. The van der Waals surface area contributed by atoms with Crippen molar-refractivity contribution in [2.75, 3.05) is 5.32 Å². The molecule has 2 aromatic rings. The summed E-state index contributed by atoms with van der Waals surface area (Å²) in [6, 6.07) is 1.94. The van der Waals surface area contributed by atoms with Crippen molar-refractivity contribution in [3.63, 3.8) is 0 Å². The molecule has 0 spiro atoms. The van der Waals surface area contributed by atoms with Crippen LogP contribution in [0.2, 0.25) is 0 Å². The second kappa shape index (κ2) is 4.44. The van der Waals surface area contributed by atoms with Gasteiger partial charge < -0.3 is 5.32 Å². The first-order valence-electron chi connectivity index (χ1n) is 4.85. The molecule has 1 N–H and O–H groups in total. The zero-order valence-corrected chi connectivity index (χ0v) is 9.91. The van der Waals surface area contributed by atoms with E-state index in [1.807, 2.05) is 25.3 Å². The van der Waals surface area contributed by atoms with Crippen molar-refractivity contribution < 1.29 is 4.79 Å². The summed E-state index contributed by atoms with van der Waals surface area (Å²) >= 11 is 1.40. The minimum atomic E-state index is -0.110. The van der Waals surface area contributed by atoms with Crippen LogP contribution in [0.3, 0.4) is 0 Å². The molecule has 0 aromatic carbocycles. The van der Waals surface area contributed by atoms with E-state index in [0.29, 0.717) is 5.13 Å². The largest absolute Gasteiger partial charge is 0.300 e. The van der Waals surface area contributed by atoms with E-state index in [1.54, 1.807) is 10.9 Å². The maximum atomic E-state index is 11.6. The molecule has 2 aromatic heterocycles. The fourth-order valence-corrected chi connectivity index (χ4v) is 1.96. The number of carbonyl (C=O) groups excluding carboxylic acids is 1. The van der Waals surface area contributed by atoms with Gasteiger partial charge in [-0.05, 0) is 19.9 Å². The van der Waals surface area contributed by atoms with Crippen LogP contribution < -0.4 is 5.32 Å². The number of hydrogen-bond acceptors (Lipinski definition) is 4. The van der Waals surface area contributed by atoms with Crippen LogP contribution in [0.25, 0.3) is 0 Å². The lowest BCUT2D eigenvalue weighted by Crippen LogP contribution is -2.20. The first-order chi connectivity index (χ1) is 7.65. The van der Waals surface area contributed by atoms with Crippen molar-refractivity contribution in [1.29, 1.82) is 0 Å². The summed E-state index contributed by atoms with van der Waals surface area (Å²) in [7, 11) is 0. The highest BCUT2D eigenvalue weighted by Crippen LogP contribution is 2.10. The normalized spacial score (nSPS) is 10.4. The molecule has 2 heterocycles. The summed E-state index contributed by atoms with van der Waals surface area (Å²) in [6.45, 7) is 4.05. The Bertz CT molecular complexity index is 489. The zero-order valence-electron chi connectivity index (χ0n) is 9.10. The summed E-state index contributed by atoms with van der Waals surface area (Å²) in [6.07, 6.45) is 1.66. The third-order valence-electron chi connectivity index (χ3n) is 2.08. The molecule has 0 aliphatic rings. The maximum Gasteiger partial charge on any atom is 0.247 e. The first kappa shape index (κ1) is 10.8. The second-order valence-corrected chi connectivity index (χ2v) is 4.36. The van der Waals surface area contributed by atoms with Crippen LogP contribution in [0.5, 0.6) is 0 Å². The predicted molar refractivity (Wildman–Crippen MR) is 62.4 cm³/mol. The molecule has 2 rings (SSSR count). The van der Waals surface area contributed by atoms with Crippen molar-refractivity contribution >= 4 is 22.4 Å². The molecule has 5 nitrogen and oxygen atoms in total. The lowest BCUT2D eigenvalue weighted by atomic mass is 10.4. The zero-order chi connectivity index (χ0) is 11.5. The number of nitrogens with zero attached hydrogens (tertiary/aromatic N) is 3. The van der Waals surface area contributed by atoms with E-state index < -0.39 is 0 Å². The van der Waals surface area contributed by atoms with E-state index in [-0.39, 0.29) is 12.5 Å². The molecule has 84 valence electrons. The summed E-state index contributed by atoms with van der Waals surface area (Å²) < 4.78 is 1.68. The van der Waals surface area contributed by atoms with Crippen LogP contribution in [0, 0.1) is 13.8 Å². The fourth-order valence-electron chi connectivity index (χ4n) is 1.42. The number of thiazole rings is 1. The van der Waals surface area contributed by atoms with E-state index in [2.05, 4.69) is 15.4 Å². The Hall–Kier alpha value is -1.69. The predicted octanol–water partition coefficient (Wildman–Crippen LogP) is 1.60. The van der Waals surface area contributed by atoms with Crippen molar-refractivity contribution in [2.45, 2.75) is 20.4 Å². The SMILES string of the molecule is Cc1cc(C)n(CC(=O)Nc2nccs2)n1. The maximum absolute atomic E-state index is 11.6. The van der Waals surface area contributed by atoms with Gasteiger partial charge in [-0.25, -0.2) is 4.98 Å². The molecule has 0 aliphatic carbocycles. The van der Waals surface area contributed by atoms with Crippen molar-refractivity contribution in [1.82, 2.24) is 14.8 Å². The van der Waals surface area contributed by atoms with Crippen LogP contribution in [0.15, 0.2) is 17.6 Å². The van der Waals surface area contributed by atoms with E-state index in [0.717, 1.165) is 11.4 Å². The minimum absolute atomic E-state index is 0.110. The van der Waals surface area contributed by atoms with Gasteiger partial charge in [-0.2, -0.15) is 5.10 Å². The van der Waals surface area contributed by atoms with Gasteiger partial charge >= 0.3 is 0 Å². The van der Waals surface area contributed by atoms with Gasteiger partial charge in [0.2, 0.25) is 5.91 Å². The smallest absolute Gasteiger partial charge is 0.247 e. The summed E-state index contributed by atoms with van der Waals surface area (Å²) in [4.78, 5) is 15.6. The van der Waals surface area contributed by atoms with Crippen LogP contribution in [0.4, 0.5) is 5.13 Å².